The molecule has 1 aliphatic heterocycles. The van der Waals surface area contributed by atoms with E-state index in [-0.39, 0.29) is 28.5 Å². The number of hydrogen-bond donors (Lipinski definition) is 1. The molecule has 0 radical (unpaired) electrons. The fourth-order valence-electron chi connectivity index (χ4n) is 3.21. The van der Waals surface area contributed by atoms with E-state index in [1.54, 1.807) is 18.2 Å². The number of carbonyl (C=O) groups excluding carboxylic acids is 2. The van der Waals surface area contributed by atoms with Gasteiger partial charge < -0.3 is 10.0 Å². The van der Waals surface area contributed by atoms with Gasteiger partial charge in [-0.1, -0.05) is 18.2 Å². The number of nitrogens with zero attached hydrogens (tertiary/aromatic N) is 3. The van der Waals surface area contributed by atoms with Gasteiger partial charge in [0, 0.05) is 42.0 Å². The quantitative estimate of drug-likeness (QED) is 0.397. The molecule has 156 valence electrons. The van der Waals surface area contributed by atoms with Crippen molar-refractivity contribution in [1.29, 1.82) is 0 Å². The summed E-state index contributed by atoms with van der Waals surface area (Å²) in [5.74, 6) is -0.541. The topological polar surface area (TPSA) is 104 Å². The van der Waals surface area contributed by atoms with Crippen molar-refractivity contribution in [1.82, 2.24) is 4.90 Å². The summed E-state index contributed by atoms with van der Waals surface area (Å²) in [7, 11) is 0. The number of phenolic OH excluding ortho intramolecular Hbond substituents is 1. The van der Waals surface area contributed by atoms with Gasteiger partial charge in [-0.25, -0.2) is 0 Å². The van der Waals surface area contributed by atoms with Crippen LogP contribution in [0, 0.1) is 10.1 Å². The monoisotopic (exact) mass is 427 g/mol. The second kappa shape index (κ2) is 9.00. The van der Waals surface area contributed by atoms with Crippen LogP contribution >= 0.6 is 11.8 Å². The van der Waals surface area contributed by atoms with Crippen molar-refractivity contribution < 1.29 is 19.6 Å². The fraction of sp³-hybridized carbons (Fsp3) is 0.238. The summed E-state index contributed by atoms with van der Waals surface area (Å²) in [6.07, 6.45) is 1.46. The van der Waals surface area contributed by atoms with Crippen LogP contribution in [-0.4, -0.2) is 39.2 Å². The number of benzene rings is 2. The van der Waals surface area contributed by atoms with Crippen LogP contribution in [0.15, 0.2) is 47.4 Å². The SMILES string of the molecule is CCN(CC)c1ccc(/C=C2\SC(=O)N(Cc3ccccc3[N+](=O)[O-])C2=O)c(O)c1. The highest BCUT2D eigenvalue weighted by atomic mass is 32.2. The lowest BCUT2D eigenvalue weighted by Crippen LogP contribution is -2.27. The number of imide groups is 1. The molecule has 2 aromatic carbocycles. The zero-order valence-electron chi connectivity index (χ0n) is 16.6. The Morgan fingerprint density at radius 2 is 1.87 bits per heavy atom. The van der Waals surface area contributed by atoms with Crippen molar-refractivity contribution in [3.63, 3.8) is 0 Å². The second-order valence-electron chi connectivity index (χ2n) is 6.57. The number of phenols is 1. The summed E-state index contributed by atoms with van der Waals surface area (Å²) in [5.41, 5.74) is 1.41. The van der Waals surface area contributed by atoms with Crippen LogP contribution in [0.25, 0.3) is 6.08 Å². The summed E-state index contributed by atoms with van der Waals surface area (Å²) in [6.45, 7) is 5.43. The number of para-hydroxylation sites is 1. The van der Waals surface area contributed by atoms with Gasteiger partial charge in [0.05, 0.1) is 16.4 Å². The molecule has 8 nitrogen and oxygen atoms in total. The van der Waals surface area contributed by atoms with E-state index < -0.39 is 16.1 Å². The zero-order chi connectivity index (χ0) is 21.8. The van der Waals surface area contributed by atoms with E-state index in [2.05, 4.69) is 4.90 Å². The highest BCUT2D eigenvalue weighted by Crippen LogP contribution is 2.36. The third-order valence-corrected chi connectivity index (χ3v) is 5.73. The second-order valence-corrected chi connectivity index (χ2v) is 7.56. The first-order chi connectivity index (χ1) is 14.3. The number of carbonyl (C=O) groups is 2. The van der Waals surface area contributed by atoms with E-state index in [0.29, 0.717) is 5.56 Å². The minimum absolute atomic E-state index is 0.00453. The van der Waals surface area contributed by atoms with Gasteiger partial charge in [-0.3, -0.25) is 24.6 Å². The van der Waals surface area contributed by atoms with Gasteiger partial charge >= 0.3 is 0 Å². The molecule has 0 atom stereocenters. The van der Waals surface area contributed by atoms with Crippen molar-refractivity contribution in [2.45, 2.75) is 20.4 Å². The molecule has 9 heteroatoms. The summed E-state index contributed by atoms with van der Waals surface area (Å²) in [5, 5.41) is 21.1. The molecule has 0 unspecified atom stereocenters. The molecular weight excluding hydrogens is 406 g/mol. The number of aromatic hydroxyl groups is 1. The standard InChI is InChI=1S/C21H21N3O5S/c1-3-22(4-2)16-10-9-14(18(25)12-16)11-19-20(26)23(21(27)30-19)13-15-7-5-6-8-17(15)24(28)29/h5-12,25H,3-4,13H2,1-2H3/b19-11-. The van der Waals surface area contributed by atoms with Gasteiger partial charge in [0.2, 0.25) is 0 Å². The Morgan fingerprint density at radius 1 is 1.17 bits per heavy atom. The largest absolute Gasteiger partial charge is 0.507 e. The molecule has 1 aliphatic rings. The number of nitro groups is 1. The molecule has 0 saturated carbocycles. The lowest BCUT2D eigenvalue weighted by atomic mass is 10.1. The minimum Gasteiger partial charge on any atom is -0.507 e. The highest BCUT2D eigenvalue weighted by molar-refractivity contribution is 8.18. The van der Waals surface area contributed by atoms with Crippen LogP contribution in [-0.2, 0) is 11.3 Å². The van der Waals surface area contributed by atoms with Crippen molar-refractivity contribution in [3.8, 4) is 5.75 Å². The molecule has 2 amide bonds. The Labute approximate surface area is 177 Å². The molecule has 0 spiro atoms. The van der Waals surface area contributed by atoms with E-state index in [0.717, 1.165) is 35.4 Å². The normalized spacial score (nSPS) is 15.1. The molecule has 1 fully saturated rings. The lowest BCUT2D eigenvalue weighted by Gasteiger charge is -2.21. The first-order valence-corrected chi connectivity index (χ1v) is 10.2. The van der Waals surface area contributed by atoms with Crippen LogP contribution in [0.5, 0.6) is 5.75 Å². The third kappa shape index (κ3) is 4.30. The van der Waals surface area contributed by atoms with E-state index in [4.69, 9.17) is 0 Å². The average Bonchev–Trinajstić information content (AvgIpc) is 2.98. The van der Waals surface area contributed by atoms with Crippen LogP contribution in [0.4, 0.5) is 16.2 Å². The number of hydrogen-bond acceptors (Lipinski definition) is 7. The van der Waals surface area contributed by atoms with Gasteiger partial charge in [-0.05, 0) is 43.8 Å². The van der Waals surface area contributed by atoms with Gasteiger partial charge in [0.15, 0.2) is 0 Å². The smallest absolute Gasteiger partial charge is 0.293 e. The maximum atomic E-state index is 12.7. The van der Waals surface area contributed by atoms with E-state index >= 15 is 0 Å². The van der Waals surface area contributed by atoms with Crippen LogP contribution in [0.2, 0.25) is 0 Å². The molecule has 2 aromatic rings. The van der Waals surface area contributed by atoms with Gasteiger partial charge in [-0.2, -0.15) is 0 Å². The highest BCUT2D eigenvalue weighted by Gasteiger charge is 2.36. The Hall–Kier alpha value is -3.33. The van der Waals surface area contributed by atoms with Gasteiger partial charge in [-0.15, -0.1) is 0 Å². The number of amides is 2. The number of nitro benzene ring substituents is 1. The molecule has 30 heavy (non-hydrogen) atoms. The predicted molar refractivity (Wildman–Crippen MR) is 116 cm³/mol. The Morgan fingerprint density at radius 3 is 2.50 bits per heavy atom. The maximum absolute atomic E-state index is 12.7. The molecular formula is C21H21N3O5S. The third-order valence-electron chi connectivity index (χ3n) is 4.82. The molecule has 1 N–H and O–H groups in total. The minimum atomic E-state index is -0.546. The Balaban J connectivity index is 1.84. The average molecular weight is 427 g/mol. The number of rotatable bonds is 7. The molecule has 1 saturated heterocycles. The molecule has 0 aromatic heterocycles. The van der Waals surface area contributed by atoms with Crippen molar-refractivity contribution in [2.24, 2.45) is 0 Å². The molecule has 0 aliphatic carbocycles. The number of anilines is 1. The van der Waals surface area contributed by atoms with Gasteiger partial charge in [0.1, 0.15) is 5.75 Å². The predicted octanol–water partition coefficient (Wildman–Crippen LogP) is 4.38. The Bertz CT molecular complexity index is 1030. The zero-order valence-corrected chi connectivity index (χ0v) is 17.4. The first-order valence-electron chi connectivity index (χ1n) is 9.41. The van der Waals surface area contributed by atoms with Crippen molar-refractivity contribution in [3.05, 3.63) is 68.6 Å². The van der Waals surface area contributed by atoms with E-state index in [9.17, 15) is 24.8 Å². The summed E-state index contributed by atoms with van der Waals surface area (Å²) in [4.78, 5) is 39.0. The molecule has 1 heterocycles. The molecule has 3 rings (SSSR count). The summed E-state index contributed by atoms with van der Waals surface area (Å²) in [6, 6.07) is 11.2. The van der Waals surface area contributed by atoms with E-state index in [1.807, 2.05) is 19.9 Å². The van der Waals surface area contributed by atoms with Crippen LogP contribution in [0.3, 0.4) is 0 Å². The molecule has 0 bridgehead atoms. The first kappa shape index (κ1) is 21.4. The summed E-state index contributed by atoms with van der Waals surface area (Å²) < 4.78 is 0. The summed E-state index contributed by atoms with van der Waals surface area (Å²) >= 11 is 0.746. The Kier molecular flexibility index (Phi) is 6.41. The van der Waals surface area contributed by atoms with Crippen molar-refractivity contribution in [2.75, 3.05) is 18.0 Å². The van der Waals surface area contributed by atoms with E-state index in [1.165, 1.54) is 24.3 Å². The fourth-order valence-corrected chi connectivity index (χ4v) is 4.04. The van der Waals surface area contributed by atoms with Crippen LogP contribution in [0.1, 0.15) is 25.0 Å². The maximum Gasteiger partial charge on any atom is 0.293 e. The van der Waals surface area contributed by atoms with Crippen molar-refractivity contribution >= 4 is 40.4 Å². The number of thioether (sulfide) groups is 1. The van der Waals surface area contributed by atoms with Gasteiger partial charge in [0.25, 0.3) is 16.8 Å². The van der Waals surface area contributed by atoms with Crippen LogP contribution < -0.4 is 4.90 Å². The lowest BCUT2D eigenvalue weighted by molar-refractivity contribution is -0.385.